The van der Waals surface area contributed by atoms with Gasteiger partial charge < -0.3 is 9.80 Å². The highest BCUT2D eigenvalue weighted by molar-refractivity contribution is 5.51. The molecule has 0 aliphatic rings. The molecule has 2 aromatic carbocycles. The van der Waals surface area contributed by atoms with Gasteiger partial charge in [-0.25, -0.2) is 9.97 Å². The number of aromatic nitrogens is 2. The summed E-state index contributed by atoms with van der Waals surface area (Å²) in [6.45, 7) is 6.03. The average molecular weight is 346 g/mol. The van der Waals surface area contributed by atoms with Gasteiger partial charge in [-0.1, -0.05) is 60.7 Å². The van der Waals surface area contributed by atoms with Gasteiger partial charge in [0, 0.05) is 32.2 Å². The minimum atomic E-state index is 0.345. The number of rotatable bonds is 7. The van der Waals surface area contributed by atoms with Crippen molar-refractivity contribution in [3.05, 3.63) is 84.2 Å². The molecule has 3 aromatic rings. The summed E-state index contributed by atoms with van der Waals surface area (Å²) in [7, 11) is 2.07. The van der Waals surface area contributed by atoms with Crippen LogP contribution in [0.4, 0.5) is 11.6 Å². The van der Waals surface area contributed by atoms with Crippen LogP contribution in [0.3, 0.4) is 0 Å². The van der Waals surface area contributed by atoms with Crippen LogP contribution in [0.5, 0.6) is 0 Å². The minimum absolute atomic E-state index is 0.345. The molecule has 0 fully saturated rings. The van der Waals surface area contributed by atoms with E-state index in [9.17, 15) is 0 Å². The van der Waals surface area contributed by atoms with Crippen LogP contribution in [-0.2, 0) is 13.1 Å². The number of hydrogen-bond acceptors (Lipinski definition) is 4. The molecule has 134 valence electrons. The Kier molecular flexibility index (Phi) is 5.84. The standard InChI is InChI=1S/C22H26N4/c1-18(2)26(16-20-12-8-5-9-13-20)22-14-21(23-17-24-22)25(3)15-19-10-6-4-7-11-19/h4-14,17-18H,15-16H2,1-3H3. The Labute approximate surface area is 156 Å². The second-order valence-electron chi connectivity index (χ2n) is 6.78. The lowest BCUT2D eigenvalue weighted by atomic mass is 10.2. The number of nitrogens with zero attached hydrogens (tertiary/aromatic N) is 4. The molecular formula is C22H26N4. The summed E-state index contributed by atoms with van der Waals surface area (Å²) in [5.74, 6) is 1.88. The largest absolute Gasteiger partial charge is 0.355 e. The Morgan fingerprint density at radius 3 is 1.88 bits per heavy atom. The fourth-order valence-electron chi connectivity index (χ4n) is 2.95. The Hall–Kier alpha value is -2.88. The van der Waals surface area contributed by atoms with Crippen LogP contribution < -0.4 is 9.80 Å². The number of anilines is 2. The van der Waals surface area contributed by atoms with Gasteiger partial charge in [0.2, 0.25) is 0 Å². The van der Waals surface area contributed by atoms with Crippen molar-refractivity contribution in [1.82, 2.24) is 9.97 Å². The lowest BCUT2D eigenvalue weighted by Gasteiger charge is -2.29. The zero-order valence-corrected chi connectivity index (χ0v) is 15.7. The van der Waals surface area contributed by atoms with E-state index in [0.717, 1.165) is 24.7 Å². The van der Waals surface area contributed by atoms with Gasteiger partial charge in [-0.15, -0.1) is 0 Å². The lowest BCUT2D eigenvalue weighted by Crippen LogP contribution is -2.31. The fraction of sp³-hybridized carbons (Fsp3) is 0.273. The van der Waals surface area contributed by atoms with Crippen molar-refractivity contribution >= 4 is 11.6 Å². The molecule has 0 aliphatic carbocycles. The van der Waals surface area contributed by atoms with Crippen molar-refractivity contribution in [2.75, 3.05) is 16.8 Å². The summed E-state index contributed by atoms with van der Waals surface area (Å²) < 4.78 is 0. The zero-order chi connectivity index (χ0) is 18.4. The predicted octanol–water partition coefficient (Wildman–Crippen LogP) is 4.53. The normalized spacial score (nSPS) is 10.8. The molecule has 0 aliphatic heterocycles. The van der Waals surface area contributed by atoms with E-state index in [1.54, 1.807) is 6.33 Å². The van der Waals surface area contributed by atoms with Crippen molar-refractivity contribution in [3.8, 4) is 0 Å². The summed E-state index contributed by atoms with van der Waals surface area (Å²) in [5.41, 5.74) is 2.54. The van der Waals surface area contributed by atoms with Crippen LogP contribution in [0.2, 0.25) is 0 Å². The third-order valence-corrected chi connectivity index (χ3v) is 4.41. The lowest BCUT2D eigenvalue weighted by molar-refractivity contribution is 0.670. The van der Waals surface area contributed by atoms with Gasteiger partial charge in [-0.05, 0) is 25.0 Å². The highest BCUT2D eigenvalue weighted by Crippen LogP contribution is 2.22. The predicted molar refractivity (Wildman–Crippen MR) is 108 cm³/mol. The Morgan fingerprint density at radius 2 is 1.31 bits per heavy atom. The average Bonchev–Trinajstić information content (AvgIpc) is 2.67. The topological polar surface area (TPSA) is 32.3 Å². The highest BCUT2D eigenvalue weighted by Gasteiger charge is 2.15. The first-order valence-corrected chi connectivity index (χ1v) is 9.01. The summed E-state index contributed by atoms with van der Waals surface area (Å²) >= 11 is 0. The molecule has 0 amide bonds. The molecule has 0 atom stereocenters. The maximum atomic E-state index is 4.53. The molecule has 4 heteroatoms. The first-order chi connectivity index (χ1) is 12.6. The van der Waals surface area contributed by atoms with E-state index in [0.29, 0.717) is 6.04 Å². The summed E-state index contributed by atoms with van der Waals surface area (Å²) in [4.78, 5) is 13.5. The Balaban J connectivity index is 1.79. The van der Waals surface area contributed by atoms with Crippen LogP contribution in [0.25, 0.3) is 0 Å². The third-order valence-electron chi connectivity index (χ3n) is 4.41. The van der Waals surface area contributed by atoms with E-state index >= 15 is 0 Å². The molecule has 0 spiro atoms. The molecule has 0 saturated carbocycles. The molecule has 0 radical (unpaired) electrons. The van der Waals surface area contributed by atoms with E-state index in [1.165, 1.54) is 11.1 Å². The van der Waals surface area contributed by atoms with Gasteiger partial charge in [0.15, 0.2) is 0 Å². The monoisotopic (exact) mass is 346 g/mol. The van der Waals surface area contributed by atoms with Crippen molar-refractivity contribution in [2.24, 2.45) is 0 Å². The van der Waals surface area contributed by atoms with Crippen LogP contribution in [0.1, 0.15) is 25.0 Å². The highest BCUT2D eigenvalue weighted by atomic mass is 15.2. The molecule has 0 N–H and O–H groups in total. The van der Waals surface area contributed by atoms with Crippen molar-refractivity contribution < 1.29 is 0 Å². The number of hydrogen-bond donors (Lipinski definition) is 0. The van der Waals surface area contributed by atoms with Crippen LogP contribution in [0.15, 0.2) is 73.1 Å². The molecule has 26 heavy (non-hydrogen) atoms. The van der Waals surface area contributed by atoms with E-state index in [1.807, 2.05) is 12.1 Å². The van der Waals surface area contributed by atoms with E-state index < -0.39 is 0 Å². The van der Waals surface area contributed by atoms with Crippen LogP contribution >= 0.6 is 0 Å². The van der Waals surface area contributed by atoms with Crippen LogP contribution in [0, 0.1) is 0 Å². The maximum Gasteiger partial charge on any atom is 0.134 e. The molecule has 0 unspecified atom stereocenters. The fourth-order valence-corrected chi connectivity index (χ4v) is 2.95. The van der Waals surface area contributed by atoms with Gasteiger partial charge >= 0.3 is 0 Å². The van der Waals surface area contributed by atoms with Crippen molar-refractivity contribution in [3.63, 3.8) is 0 Å². The van der Waals surface area contributed by atoms with E-state index in [-0.39, 0.29) is 0 Å². The van der Waals surface area contributed by atoms with Gasteiger partial charge in [0.1, 0.15) is 18.0 Å². The van der Waals surface area contributed by atoms with Crippen LogP contribution in [-0.4, -0.2) is 23.1 Å². The Morgan fingerprint density at radius 1 is 0.769 bits per heavy atom. The molecule has 1 aromatic heterocycles. The number of benzene rings is 2. The van der Waals surface area contributed by atoms with E-state index in [2.05, 4.69) is 95.3 Å². The molecule has 0 bridgehead atoms. The molecular weight excluding hydrogens is 320 g/mol. The first kappa shape index (κ1) is 17.9. The second-order valence-corrected chi connectivity index (χ2v) is 6.78. The molecule has 3 rings (SSSR count). The van der Waals surface area contributed by atoms with Crippen molar-refractivity contribution in [1.29, 1.82) is 0 Å². The zero-order valence-electron chi connectivity index (χ0n) is 15.7. The smallest absolute Gasteiger partial charge is 0.134 e. The van der Waals surface area contributed by atoms with E-state index in [4.69, 9.17) is 0 Å². The van der Waals surface area contributed by atoms with Crippen molar-refractivity contribution in [2.45, 2.75) is 33.0 Å². The second kappa shape index (κ2) is 8.48. The quantitative estimate of drug-likeness (QED) is 0.629. The van der Waals surface area contributed by atoms with Gasteiger partial charge in [-0.3, -0.25) is 0 Å². The summed E-state index contributed by atoms with van der Waals surface area (Å²) in [6.07, 6.45) is 1.66. The van der Waals surface area contributed by atoms with Gasteiger partial charge in [0.05, 0.1) is 0 Å². The van der Waals surface area contributed by atoms with Gasteiger partial charge in [0.25, 0.3) is 0 Å². The third kappa shape index (κ3) is 4.60. The minimum Gasteiger partial charge on any atom is -0.355 e. The maximum absolute atomic E-state index is 4.53. The SMILES string of the molecule is CC(C)N(Cc1ccccc1)c1cc(N(C)Cc2ccccc2)ncn1. The molecule has 1 heterocycles. The Bertz CT molecular complexity index is 803. The molecule has 4 nitrogen and oxygen atoms in total. The summed E-state index contributed by atoms with van der Waals surface area (Å²) in [5, 5.41) is 0. The first-order valence-electron chi connectivity index (χ1n) is 9.01. The summed E-state index contributed by atoms with van der Waals surface area (Å²) in [6, 6.07) is 23.4. The van der Waals surface area contributed by atoms with Gasteiger partial charge in [-0.2, -0.15) is 0 Å². The molecule has 0 saturated heterocycles.